The summed E-state index contributed by atoms with van der Waals surface area (Å²) in [7, 11) is 0. The second kappa shape index (κ2) is 3.06. The van der Waals surface area contributed by atoms with Gasteiger partial charge in [0.25, 0.3) is 0 Å². The van der Waals surface area contributed by atoms with E-state index < -0.39 is 0 Å². The van der Waals surface area contributed by atoms with Crippen LogP contribution in [0.5, 0.6) is 0 Å². The number of hydrogen-bond donors (Lipinski definition) is 1. The van der Waals surface area contributed by atoms with Crippen molar-refractivity contribution in [1.82, 2.24) is 5.32 Å². The highest BCUT2D eigenvalue weighted by Gasteiger charge is 2.42. The van der Waals surface area contributed by atoms with Gasteiger partial charge in [-0.05, 0) is 23.3 Å². The van der Waals surface area contributed by atoms with Crippen LogP contribution in [-0.4, -0.2) is 6.54 Å². The van der Waals surface area contributed by atoms with Crippen molar-refractivity contribution in [2.24, 2.45) is 11.3 Å². The minimum Gasteiger partial charge on any atom is -0.387 e. The Morgan fingerprint density at radius 1 is 1.36 bits per heavy atom. The number of hydrogen-bond acceptors (Lipinski definition) is 2. The number of fused-ring (bicyclic) bond motifs is 2. The first-order valence-corrected chi connectivity index (χ1v) is 5.96. The van der Waals surface area contributed by atoms with Gasteiger partial charge in [0, 0.05) is 23.6 Å². The number of rotatable bonds is 0. The van der Waals surface area contributed by atoms with Crippen LogP contribution in [-0.2, 0) is 0 Å². The molecule has 3 aliphatic rings. The molecule has 1 unspecified atom stereocenters. The summed E-state index contributed by atoms with van der Waals surface area (Å²) < 4.78 is 0. The van der Waals surface area contributed by atoms with E-state index in [1.807, 2.05) is 0 Å². The maximum absolute atomic E-state index is 3.52. The molecule has 1 fully saturated rings. The van der Waals surface area contributed by atoms with Crippen molar-refractivity contribution in [3.05, 3.63) is 46.9 Å². The van der Waals surface area contributed by atoms with Crippen LogP contribution in [0.15, 0.2) is 46.9 Å². The third kappa shape index (κ3) is 1.10. The average molecular weight is 203 g/mol. The molecule has 2 aliphatic heterocycles. The lowest BCUT2D eigenvalue weighted by Crippen LogP contribution is -2.25. The Labute approximate surface area is 88.7 Å². The molecule has 3 rings (SSSR count). The maximum atomic E-state index is 3.52. The second-order valence-corrected chi connectivity index (χ2v) is 4.86. The Morgan fingerprint density at radius 2 is 2.21 bits per heavy atom. The van der Waals surface area contributed by atoms with E-state index in [1.54, 1.807) is 11.8 Å². The Balaban J connectivity index is 1.99. The molecule has 0 aromatic heterocycles. The average Bonchev–Trinajstić information content (AvgIpc) is 2.60. The smallest absolute Gasteiger partial charge is 0.0336 e. The molecular weight excluding hydrogens is 190 g/mol. The molecule has 1 aliphatic carbocycles. The Kier molecular flexibility index (Phi) is 1.84. The summed E-state index contributed by atoms with van der Waals surface area (Å²) in [6.45, 7) is 1.05. The first-order valence-electron chi connectivity index (χ1n) is 5.02. The molecular formula is C12H13NS. The molecule has 1 nitrogen and oxygen atoms in total. The van der Waals surface area contributed by atoms with Crippen LogP contribution in [0.2, 0.25) is 0 Å². The topological polar surface area (TPSA) is 12.0 Å². The number of thioether (sulfide) groups is 1. The van der Waals surface area contributed by atoms with E-state index in [0.717, 1.165) is 13.0 Å². The largest absolute Gasteiger partial charge is 0.387 e. The maximum Gasteiger partial charge on any atom is 0.0336 e. The van der Waals surface area contributed by atoms with Crippen molar-refractivity contribution in [2.75, 3.05) is 6.54 Å². The Morgan fingerprint density at radius 3 is 3.07 bits per heavy atom. The predicted octanol–water partition coefficient (Wildman–Crippen LogP) is 2.81. The van der Waals surface area contributed by atoms with Gasteiger partial charge in [0.15, 0.2) is 0 Å². The van der Waals surface area contributed by atoms with E-state index in [4.69, 9.17) is 0 Å². The summed E-state index contributed by atoms with van der Waals surface area (Å²) in [5.74, 6) is 0.640. The monoisotopic (exact) mass is 203 g/mol. The van der Waals surface area contributed by atoms with Gasteiger partial charge in [-0.1, -0.05) is 24.3 Å². The van der Waals surface area contributed by atoms with Crippen molar-refractivity contribution >= 4 is 11.8 Å². The minimum atomic E-state index is 0.252. The summed E-state index contributed by atoms with van der Waals surface area (Å²) in [5.41, 5.74) is 1.66. The van der Waals surface area contributed by atoms with Crippen LogP contribution in [0.3, 0.4) is 0 Å². The first kappa shape index (κ1) is 8.42. The Hall–Kier alpha value is -0.890. The van der Waals surface area contributed by atoms with Crippen LogP contribution in [0.25, 0.3) is 0 Å². The zero-order valence-corrected chi connectivity index (χ0v) is 8.76. The van der Waals surface area contributed by atoms with E-state index in [9.17, 15) is 0 Å². The molecule has 0 bridgehead atoms. The minimum absolute atomic E-state index is 0.252. The summed E-state index contributed by atoms with van der Waals surface area (Å²) in [4.78, 5) is 0. The molecule has 1 saturated heterocycles. The highest BCUT2D eigenvalue weighted by atomic mass is 32.2. The molecule has 2 heteroatoms. The van der Waals surface area contributed by atoms with Crippen LogP contribution < -0.4 is 5.32 Å². The molecule has 0 aromatic carbocycles. The lowest BCUT2D eigenvalue weighted by molar-refractivity contribution is 0.408. The fraction of sp³-hybridized carbons (Fsp3) is 0.333. The number of nitrogens with one attached hydrogen (secondary N) is 1. The zero-order chi connectivity index (χ0) is 9.43. The molecule has 1 N–H and O–H groups in total. The summed E-state index contributed by atoms with van der Waals surface area (Å²) in [6, 6.07) is 0. The van der Waals surface area contributed by atoms with E-state index in [0.29, 0.717) is 5.92 Å². The van der Waals surface area contributed by atoms with E-state index in [2.05, 4.69) is 46.5 Å². The molecule has 1 atom stereocenters. The predicted molar refractivity (Wildman–Crippen MR) is 61.6 cm³/mol. The summed E-state index contributed by atoms with van der Waals surface area (Å²) >= 11 is 1.77. The second-order valence-electron chi connectivity index (χ2n) is 4.05. The Bertz CT molecular complexity index is 351. The molecule has 2 heterocycles. The van der Waals surface area contributed by atoms with Gasteiger partial charge in [-0.3, -0.25) is 0 Å². The van der Waals surface area contributed by atoms with Gasteiger partial charge < -0.3 is 5.32 Å². The molecule has 72 valence electrons. The standard InChI is InChI=1S/C12H13NS/c1-2-4-11-10(3-1)12(9-13-11)5-7-14-8-6-12/h1-2,4-8,10,13H,3,9H2. The molecule has 0 saturated carbocycles. The number of allylic oxidation sites excluding steroid dienone is 4. The van der Waals surface area contributed by atoms with Gasteiger partial charge in [0.1, 0.15) is 0 Å². The first-order chi connectivity index (χ1) is 6.91. The van der Waals surface area contributed by atoms with Crippen LogP contribution in [0, 0.1) is 11.3 Å². The lowest BCUT2D eigenvalue weighted by atomic mass is 9.74. The highest BCUT2D eigenvalue weighted by Crippen LogP contribution is 2.46. The van der Waals surface area contributed by atoms with Gasteiger partial charge in [-0.2, -0.15) is 0 Å². The lowest BCUT2D eigenvalue weighted by Gasteiger charge is -2.29. The van der Waals surface area contributed by atoms with Crippen LogP contribution in [0.1, 0.15) is 6.42 Å². The molecule has 0 radical (unpaired) electrons. The molecule has 0 aromatic rings. The zero-order valence-electron chi connectivity index (χ0n) is 7.94. The quantitative estimate of drug-likeness (QED) is 0.649. The molecule has 14 heavy (non-hydrogen) atoms. The van der Waals surface area contributed by atoms with Gasteiger partial charge >= 0.3 is 0 Å². The van der Waals surface area contributed by atoms with Crippen molar-refractivity contribution < 1.29 is 0 Å². The van der Waals surface area contributed by atoms with E-state index in [1.165, 1.54) is 5.70 Å². The van der Waals surface area contributed by atoms with Gasteiger partial charge in [-0.25, -0.2) is 0 Å². The van der Waals surface area contributed by atoms with Crippen molar-refractivity contribution in [2.45, 2.75) is 6.42 Å². The normalized spacial score (nSPS) is 31.4. The van der Waals surface area contributed by atoms with Crippen molar-refractivity contribution in [1.29, 1.82) is 0 Å². The molecule has 1 spiro atoms. The summed E-state index contributed by atoms with van der Waals surface area (Å²) in [5, 5.41) is 7.94. The van der Waals surface area contributed by atoms with Gasteiger partial charge in [0.05, 0.1) is 0 Å². The third-order valence-electron chi connectivity index (χ3n) is 3.32. The fourth-order valence-electron chi connectivity index (χ4n) is 2.48. The van der Waals surface area contributed by atoms with Crippen LogP contribution in [0.4, 0.5) is 0 Å². The van der Waals surface area contributed by atoms with Crippen LogP contribution >= 0.6 is 11.8 Å². The third-order valence-corrected chi connectivity index (χ3v) is 3.91. The highest BCUT2D eigenvalue weighted by molar-refractivity contribution is 8.04. The molecule has 0 amide bonds. The van der Waals surface area contributed by atoms with Gasteiger partial charge in [-0.15, -0.1) is 11.8 Å². The van der Waals surface area contributed by atoms with Gasteiger partial charge in [0.2, 0.25) is 0 Å². The van der Waals surface area contributed by atoms with Crippen molar-refractivity contribution in [3.63, 3.8) is 0 Å². The van der Waals surface area contributed by atoms with E-state index in [-0.39, 0.29) is 5.41 Å². The fourth-order valence-corrected chi connectivity index (χ4v) is 3.24. The van der Waals surface area contributed by atoms with Crippen molar-refractivity contribution in [3.8, 4) is 0 Å². The summed E-state index contributed by atoms with van der Waals surface area (Å²) in [6.07, 6.45) is 12.5. The van der Waals surface area contributed by atoms with E-state index >= 15 is 0 Å². The SMILES string of the molecule is C1=CCC2C(=C1)NCC21C=CSC=C1.